The Kier molecular flexibility index (Phi) is 5.53. The standard InChI is InChI=1S/C27H28N4O/c1-19-7-12-25-23(17-19)26(22-5-2-3-6-24(22)29-25)27(32)31-14-4-13-30(15-16-31)21-10-8-20(18-28)9-11-21/h7-12,17H,2-6,13-16H2,1H3. The Hall–Kier alpha value is -3.39. The van der Waals surface area contributed by atoms with Gasteiger partial charge < -0.3 is 9.80 Å². The van der Waals surface area contributed by atoms with E-state index < -0.39 is 0 Å². The fourth-order valence-corrected chi connectivity index (χ4v) is 5.07. The van der Waals surface area contributed by atoms with Crippen LogP contribution < -0.4 is 4.90 Å². The molecule has 162 valence electrons. The van der Waals surface area contributed by atoms with Gasteiger partial charge in [0.15, 0.2) is 0 Å². The Morgan fingerprint density at radius 1 is 0.969 bits per heavy atom. The Bertz CT molecular complexity index is 1210. The first-order valence-corrected chi connectivity index (χ1v) is 11.6. The highest BCUT2D eigenvalue weighted by Gasteiger charge is 2.27. The molecule has 3 aromatic rings. The van der Waals surface area contributed by atoms with Crippen LogP contribution in [0, 0.1) is 18.3 Å². The number of pyridine rings is 1. The first-order chi connectivity index (χ1) is 15.6. The molecule has 0 spiro atoms. The first kappa shape index (κ1) is 20.5. The second kappa shape index (κ2) is 8.63. The summed E-state index contributed by atoms with van der Waals surface area (Å²) >= 11 is 0. The number of nitriles is 1. The highest BCUT2D eigenvalue weighted by molar-refractivity contribution is 6.08. The lowest BCUT2D eigenvalue weighted by Gasteiger charge is -2.26. The minimum atomic E-state index is 0.155. The third-order valence-corrected chi connectivity index (χ3v) is 6.78. The fourth-order valence-electron chi connectivity index (χ4n) is 5.07. The molecule has 1 saturated heterocycles. The summed E-state index contributed by atoms with van der Waals surface area (Å²) in [6.07, 6.45) is 5.10. The Morgan fingerprint density at radius 2 is 1.78 bits per heavy atom. The molecule has 1 aliphatic heterocycles. The molecule has 0 unspecified atom stereocenters. The van der Waals surface area contributed by atoms with Gasteiger partial charge >= 0.3 is 0 Å². The molecule has 1 aromatic heterocycles. The molecule has 32 heavy (non-hydrogen) atoms. The molecule has 2 heterocycles. The Morgan fingerprint density at radius 3 is 2.59 bits per heavy atom. The van der Waals surface area contributed by atoms with Crippen molar-refractivity contribution in [3.8, 4) is 6.07 Å². The van der Waals surface area contributed by atoms with Crippen LogP contribution in [0.15, 0.2) is 42.5 Å². The van der Waals surface area contributed by atoms with Crippen molar-refractivity contribution in [3.63, 3.8) is 0 Å². The molecule has 5 rings (SSSR count). The van der Waals surface area contributed by atoms with Gasteiger partial charge in [0.2, 0.25) is 0 Å². The summed E-state index contributed by atoms with van der Waals surface area (Å²) in [5.41, 5.74) is 7.06. The number of benzene rings is 2. The number of hydrogen-bond acceptors (Lipinski definition) is 4. The quantitative estimate of drug-likeness (QED) is 0.601. The van der Waals surface area contributed by atoms with Crippen LogP contribution in [0.2, 0.25) is 0 Å². The van der Waals surface area contributed by atoms with Gasteiger partial charge in [-0.2, -0.15) is 5.26 Å². The van der Waals surface area contributed by atoms with Gasteiger partial charge in [-0.1, -0.05) is 11.6 Å². The average molecular weight is 425 g/mol. The Balaban J connectivity index is 1.45. The lowest BCUT2D eigenvalue weighted by atomic mass is 9.89. The molecule has 1 aliphatic carbocycles. The molecule has 1 amide bonds. The van der Waals surface area contributed by atoms with Gasteiger partial charge in [0.05, 0.1) is 22.7 Å². The molecule has 2 aromatic carbocycles. The van der Waals surface area contributed by atoms with Gasteiger partial charge in [0.25, 0.3) is 5.91 Å². The number of anilines is 1. The molecular weight excluding hydrogens is 396 g/mol. The van der Waals surface area contributed by atoms with E-state index in [9.17, 15) is 4.79 Å². The van der Waals surface area contributed by atoms with Gasteiger partial charge in [-0.25, -0.2) is 0 Å². The number of nitrogens with zero attached hydrogens (tertiary/aromatic N) is 4. The van der Waals surface area contributed by atoms with E-state index in [-0.39, 0.29) is 5.91 Å². The molecule has 1 fully saturated rings. The lowest BCUT2D eigenvalue weighted by Crippen LogP contribution is -2.36. The highest BCUT2D eigenvalue weighted by Crippen LogP contribution is 2.31. The van der Waals surface area contributed by atoms with E-state index in [4.69, 9.17) is 10.2 Å². The lowest BCUT2D eigenvalue weighted by molar-refractivity contribution is 0.0767. The number of carbonyl (C=O) groups excluding carboxylic acids is 1. The van der Waals surface area contributed by atoms with Crippen LogP contribution in [-0.2, 0) is 12.8 Å². The molecule has 0 saturated carbocycles. The van der Waals surface area contributed by atoms with Crippen LogP contribution in [0.1, 0.15) is 52.0 Å². The molecule has 0 atom stereocenters. The minimum absolute atomic E-state index is 0.155. The van der Waals surface area contributed by atoms with Crippen molar-refractivity contribution in [1.82, 2.24) is 9.88 Å². The molecule has 0 N–H and O–H groups in total. The second-order valence-electron chi connectivity index (χ2n) is 8.93. The van der Waals surface area contributed by atoms with Crippen molar-refractivity contribution < 1.29 is 4.79 Å². The molecule has 2 aliphatic rings. The van der Waals surface area contributed by atoms with Crippen LogP contribution in [0.3, 0.4) is 0 Å². The Labute approximate surface area is 189 Å². The van der Waals surface area contributed by atoms with Crippen LogP contribution in [-0.4, -0.2) is 42.0 Å². The van der Waals surface area contributed by atoms with Crippen molar-refractivity contribution in [1.29, 1.82) is 5.26 Å². The van der Waals surface area contributed by atoms with Gasteiger partial charge in [-0.05, 0) is 81.0 Å². The normalized spacial score (nSPS) is 16.4. The summed E-state index contributed by atoms with van der Waals surface area (Å²) in [5, 5.41) is 10.1. The van der Waals surface area contributed by atoms with Crippen LogP contribution in [0.5, 0.6) is 0 Å². The third-order valence-electron chi connectivity index (χ3n) is 6.78. The zero-order chi connectivity index (χ0) is 22.1. The summed E-state index contributed by atoms with van der Waals surface area (Å²) in [6, 6.07) is 16.2. The number of aryl methyl sites for hydroxylation is 2. The predicted octanol–water partition coefficient (Wildman–Crippen LogP) is 4.65. The van der Waals surface area contributed by atoms with E-state index in [1.807, 2.05) is 29.2 Å². The number of amides is 1. The van der Waals surface area contributed by atoms with E-state index in [0.29, 0.717) is 12.1 Å². The van der Waals surface area contributed by atoms with Gasteiger partial charge in [-0.3, -0.25) is 9.78 Å². The van der Waals surface area contributed by atoms with Crippen molar-refractivity contribution in [2.75, 3.05) is 31.1 Å². The fraction of sp³-hybridized carbons (Fsp3) is 0.370. The summed E-state index contributed by atoms with van der Waals surface area (Å²) < 4.78 is 0. The largest absolute Gasteiger partial charge is 0.370 e. The SMILES string of the molecule is Cc1ccc2nc3c(c(C(=O)N4CCCN(c5ccc(C#N)cc5)CC4)c2c1)CCCC3. The zero-order valence-electron chi connectivity index (χ0n) is 18.6. The van der Waals surface area contributed by atoms with E-state index in [1.165, 1.54) is 5.56 Å². The first-order valence-electron chi connectivity index (χ1n) is 11.6. The van der Waals surface area contributed by atoms with Gasteiger partial charge in [0.1, 0.15) is 0 Å². The molecule has 5 nitrogen and oxygen atoms in total. The van der Waals surface area contributed by atoms with Gasteiger partial charge in [0, 0.05) is 42.9 Å². The second-order valence-corrected chi connectivity index (χ2v) is 8.93. The number of carbonyl (C=O) groups is 1. The summed E-state index contributed by atoms with van der Waals surface area (Å²) in [5.74, 6) is 0.155. The van der Waals surface area contributed by atoms with Crippen LogP contribution in [0.25, 0.3) is 10.9 Å². The summed E-state index contributed by atoms with van der Waals surface area (Å²) in [4.78, 5) is 23.2. The summed E-state index contributed by atoms with van der Waals surface area (Å²) in [6.45, 7) is 5.24. The maximum atomic E-state index is 13.9. The predicted molar refractivity (Wildman–Crippen MR) is 127 cm³/mol. The smallest absolute Gasteiger partial charge is 0.254 e. The van der Waals surface area contributed by atoms with E-state index in [1.54, 1.807) is 0 Å². The zero-order valence-corrected chi connectivity index (χ0v) is 18.6. The van der Waals surface area contributed by atoms with Crippen molar-refractivity contribution in [2.24, 2.45) is 0 Å². The number of rotatable bonds is 2. The molecule has 0 radical (unpaired) electrons. The van der Waals surface area contributed by atoms with Crippen molar-refractivity contribution in [3.05, 3.63) is 70.4 Å². The summed E-state index contributed by atoms with van der Waals surface area (Å²) in [7, 11) is 0. The molecule has 5 heteroatoms. The monoisotopic (exact) mass is 424 g/mol. The van der Waals surface area contributed by atoms with Gasteiger partial charge in [-0.15, -0.1) is 0 Å². The van der Waals surface area contributed by atoms with E-state index in [2.05, 4.69) is 36.1 Å². The average Bonchev–Trinajstić information content (AvgIpc) is 3.09. The topological polar surface area (TPSA) is 60.2 Å². The number of aromatic nitrogens is 1. The molecule has 0 bridgehead atoms. The maximum Gasteiger partial charge on any atom is 0.254 e. The van der Waals surface area contributed by atoms with E-state index >= 15 is 0 Å². The van der Waals surface area contributed by atoms with E-state index in [0.717, 1.165) is 85.1 Å². The highest BCUT2D eigenvalue weighted by atomic mass is 16.2. The third kappa shape index (κ3) is 3.82. The number of fused-ring (bicyclic) bond motifs is 2. The minimum Gasteiger partial charge on any atom is -0.370 e. The number of hydrogen-bond donors (Lipinski definition) is 0. The molecular formula is C27H28N4O. The maximum absolute atomic E-state index is 13.9. The van der Waals surface area contributed by atoms with Crippen LogP contribution in [0.4, 0.5) is 5.69 Å². The van der Waals surface area contributed by atoms with Crippen molar-refractivity contribution in [2.45, 2.75) is 39.0 Å². The van der Waals surface area contributed by atoms with Crippen molar-refractivity contribution >= 4 is 22.5 Å². The van der Waals surface area contributed by atoms with Crippen LogP contribution >= 0.6 is 0 Å².